The lowest BCUT2D eigenvalue weighted by molar-refractivity contribution is -0.130. The minimum Gasteiger partial charge on any atom is -0.378 e. The molecule has 15 heteroatoms. The van der Waals surface area contributed by atoms with Gasteiger partial charge in [0.2, 0.25) is 17.7 Å². The predicted molar refractivity (Wildman–Crippen MR) is 304 cm³/mol. The van der Waals surface area contributed by atoms with Crippen LogP contribution in [0.25, 0.3) is 21.8 Å². The van der Waals surface area contributed by atoms with Gasteiger partial charge in [-0.1, -0.05) is 129 Å². The van der Waals surface area contributed by atoms with Gasteiger partial charge in [0.1, 0.15) is 4.75 Å². The summed E-state index contributed by atoms with van der Waals surface area (Å²) in [5.41, 5.74) is 9.03. The summed E-state index contributed by atoms with van der Waals surface area (Å²) in [6.45, 7) is 8.79. The number of hydrogen-bond acceptors (Lipinski definition) is 7. The number of carbonyl (C=O) groups is 3. The molecule has 0 spiro atoms. The maximum absolute atomic E-state index is 15.2. The SMILES string of the molecule is Cc1ccc(CN2C(=O)CC(Sc3ccc(C)cc3)(C(=O)NCCOCCNCC3(Sc4ccc(C)cc4)CC(=O)N(Cc4ccc(Br)cc4)C3c3c[nH]c4cc(Cl)ccc34)C2c2c[nH]c3cc(Cl)ccc23)cc1. The fraction of sp³-hybridized carbons (Fsp3) is 0.271. The number of thioether (sulfide) groups is 2. The average molecular weight is 1130 g/mol. The number of H-pyrrole nitrogens is 2. The molecule has 2 aromatic heterocycles. The van der Waals surface area contributed by atoms with Crippen LogP contribution in [0.5, 0.6) is 0 Å². The van der Waals surface area contributed by atoms with E-state index in [1.54, 1.807) is 11.8 Å². The average Bonchev–Trinajstić information content (AvgIpc) is 4.12. The fourth-order valence-corrected chi connectivity index (χ4v) is 14.0. The molecule has 8 aromatic rings. The number of carbonyl (C=O) groups excluding carboxylic acids is 3. The van der Waals surface area contributed by atoms with Gasteiger partial charge < -0.3 is 35.1 Å². The van der Waals surface area contributed by atoms with Crippen molar-refractivity contribution in [3.8, 4) is 0 Å². The summed E-state index contributed by atoms with van der Waals surface area (Å²) < 4.78 is 5.37. The number of halogens is 3. The maximum Gasteiger partial charge on any atom is 0.239 e. The molecule has 6 aromatic carbocycles. The van der Waals surface area contributed by atoms with Gasteiger partial charge in [0.05, 0.1) is 36.5 Å². The molecule has 380 valence electrons. The van der Waals surface area contributed by atoms with Crippen molar-refractivity contribution in [1.29, 1.82) is 0 Å². The van der Waals surface area contributed by atoms with E-state index in [1.807, 2.05) is 133 Å². The number of fused-ring (bicyclic) bond motifs is 2. The Labute approximate surface area is 458 Å². The molecule has 4 heterocycles. The van der Waals surface area contributed by atoms with Crippen molar-refractivity contribution in [2.45, 2.75) is 78.1 Å². The summed E-state index contributed by atoms with van der Waals surface area (Å²) in [6.07, 6.45) is 4.26. The van der Waals surface area contributed by atoms with Crippen LogP contribution in [0.15, 0.2) is 160 Å². The molecule has 0 saturated carbocycles. The first kappa shape index (κ1) is 52.0. The third-order valence-corrected chi connectivity index (χ3v) is 18.0. The van der Waals surface area contributed by atoms with Crippen LogP contribution >= 0.6 is 62.7 Å². The molecule has 3 amide bonds. The number of aryl methyl sites for hydroxylation is 3. The second-order valence-corrected chi connectivity index (χ2v) is 24.2. The topological polar surface area (TPSA) is 123 Å². The Kier molecular flexibility index (Phi) is 15.7. The second-order valence-electron chi connectivity index (χ2n) is 19.5. The van der Waals surface area contributed by atoms with Gasteiger partial charge in [-0.3, -0.25) is 14.4 Å². The number of rotatable bonds is 19. The quantitative estimate of drug-likeness (QED) is 0.0595. The highest BCUT2D eigenvalue weighted by Gasteiger charge is 2.59. The number of aromatic amines is 2. The van der Waals surface area contributed by atoms with Gasteiger partial charge in [0.25, 0.3) is 0 Å². The van der Waals surface area contributed by atoms with E-state index >= 15 is 4.79 Å². The Hall–Kier alpha value is -5.51. The van der Waals surface area contributed by atoms with Crippen LogP contribution in [0.4, 0.5) is 0 Å². The minimum absolute atomic E-state index is 0.00234. The molecule has 0 aliphatic carbocycles. The highest BCUT2D eigenvalue weighted by Crippen LogP contribution is 2.56. The van der Waals surface area contributed by atoms with Gasteiger partial charge in [-0.25, -0.2) is 0 Å². The first-order valence-electron chi connectivity index (χ1n) is 24.8. The summed E-state index contributed by atoms with van der Waals surface area (Å²) >= 11 is 19.7. The fourth-order valence-electron chi connectivity index (χ4n) is 10.5. The second kappa shape index (κ2) is 22.4. The normalized spacial score (nSPS) is 19.9. The zero-order valence-corrected chi connectivity index (χ0v) is 46.1. The van der Waals surface area contributed by atoms with Gasteiger partial charge in [-0.05, 0) is 92.6 Å². The van der Waals surface area contributed by atoms with E-state index < -0.39 is 15.5 Å². The van der Waals surface area contributed by atoms with E-state index in [4.69, 9.17) is 27.9 Å². The lowest BCUT2D eigenvalue weighted by atomic mass is 9.91. The van der Waals surface area contributed by atoms with Crippen LogP contribution in [0.2, 0.25) is 10.0 Å². The zero-order valence-electron chi connectivity index (χ0n) is 41.4. The number of nitrogens with one attached hydrogen (secondary N) is 4. The Morgan fingerprint density at radius 1 is 0.649 bits per heavy atom. The number of hydrogen-bond donors (Lipinski definition) is 4. The molecular weight excluding hydrogens is 1070 g/mol. The molecule has 4 atom stereocenters. The Morgan fingerprint density at radius 2 is 1.14 bits per heavy atom. The maximum atomic E-state index is 15.2. The first-order chi connectivity index (χ1) is 35.8. The van der Waals surface area contributed by atoms with Crippen molar-refractivity contribution >= 4 is 102 Å². The molecule has 2 aliphatic heterocycles. The Bertz CT molecular complexity index is 3320. The van der Waals surface area contributed by atoms with Crippen LogP contribution in [-0.4, -0.2) is 79.8 Å². The highest BCUT2D eigenvalue weighted by atomic mass is 79.9. The van der Waals surface area contributed by atoms with Crippen LogP contribution in [0.3, 0.4) is 0 Å². The smallest absolute Gasteiger partial charge is 0.239 e. The minimum atomic E-state index is -1.24. The van der Waals surface area contributed by atoms with Gasteiger partial charge in [-0.15, -0.1) is 23.5 Å². The zero-order chi connectivity index (χ0) is 51.6. The van der Waals surface area contributed by atoms with Crippen molar-refractivity contribution in [2.75, 3.05) is 32.8 Å². The van der Waals surface area contributed by atoms with E-state index in [-0.39, 0.29) is 43.3 Å². The van der Waals surface area contributed by atoms with Crippen LogP contribution in [0.1, 0.15) is 63.9 Å². The molecule has 2 saturated heterocycles. The molecule has 4 N–H and O–H groups in total. The number of likely N-dealkylation sites (tertiary alicyclic amines) is 2. The van der Waals surface area contributed by atoms with E-state index in [9.17, 15) is 9.59 Å². The summed E-state index contributed by atoms with van der Waals surface area (Å²) in [6, 6.07) is 43.6. The number of benzene rings is 6. The largest absolute Gasteiger partial charge is 0.378 e. The first-order valence-corrected chi connectivity index (χ1v) is 28.0. The molecule has 2 fully saturated rings. The van der Waals surface area contributed by atoms with E-state index in [1.165, 1.54) is 11.8 Å². The molecule has 10 nitrogen and oxygen atoms in total. The molecule has 10 rings (SSSR count). The molecular formula is C59H57BrCl2N6O4S2. The van der Waals surface area contributed by atoms with E-state index in [0.717, 1.165) is 75.0 Å². The standard InChI is InChI=1S/C59H57BrCl2N6O4S2/c1-37-4-10-40(11-5-37)35-68-54(70)31-59(74-46-20-8-39(3)9-21-46,56(68)50-33-66-52-29-44(62)17-23-48(50)52)57(71)64-25-27-72-26-24-63-36-58(73-45-18-6-38(2)7-19-45)30-53(69)67(34-41-12-14-42(60)15-13-41)55(58)49-32-65-51-28-43(61)16-22-47(49)51/h4-23,28-29,32-33,55-56,63,65-66H,24-27,30-31,34-36H2,1-3H3,(H,64,71). The lowest BCUT2D eigenvalue weighted by Crippen LogP contribution is -2.49. The van der Waals surface area contributed by atoms with Crippen LogP contribution < -0.4 is 10.6 Å². The Morgan fingerprint density at radius 3 is 1.72 bits per heavy atom. The third kappa shape index (κ3) is 11.1. The summed E-state index contributed by atoms with van der Waals surface area (Å²) in [5.74, 6) is -0.269. The number of nitrogens with zero attached hydrogens (tertiary/aromatic N) is 2. The predicted octanol–water partition coefficient (Wildman–Crippen LogP) is 13.1. The van der Waals surface area contributed by atoms with Crippen molar-refractivity contribution in [1.82, 2.24) is 30.4 Å². The number of amides is 3. The molecule has 0 radical (unpaired) electrons. The van der Waals surface area contributed by atoms with Crippen LogP contribution in [-0.2, 0) is 32.2 Å². The number of aromatic nitrogens is 2. The van der Waals surface area contributed by atoms with Gasteiger partial charge >= 0.3 is 0 Å². The lowest BCUT2D eigenvalue weighted by Gasteiger charge is -2.38. The highest BCUT2D eigenvalue weighted by molar-refractivity contribution is 9.10. The van der Waals surface area contributed by atoms with Gasteiger partial charge in [-0.2, -0.15) is 0 Å². The van der Waals surface area contributed by atoms with Crippen molar-refractivity contribution in [3.05, 3.63) is 199 Å². The van der Waals surface area contributed by atoms with E-state index in [0.29, 0.717) is 49.3 Å². The molecule has 2 aliphatic rings. The molecule has 74 heavy (non-hydrogen) atoms. The van der Waals surface area contributed by atoms with Gasteiger partial charge in [0.15, 0.2) is 0 Å². The Balaban J connectivity index is 0.872. The molecule has 4 unspecified atom stereocenters. The molecule has 0 bridgehead atoms. The summed E-state index contributed by atoms with van der Waals surface area (Å²) in [5, 5.41) is 10.1. The van der Waals surface area contributed by atoms with Crippen molar-refractivity contribution in [3.63, 3.8) is 0 Å². The van der Waals surface area contributed by atoms with Crippen molar-refractivity contribution < 1.29 is 19.1 Å². The van der Waals surface area contributed by atoms with Crippen molar-refractivity contribution in [2.24, 2.45) is 0 Å². The van der Waals surface area contributed by atoms with Gasteiger partial charge in [0, 0.05) is 109 Å². The van der Waals surface area contributed by atoms with E-state index in [2.05, 4.69) is 79.9 Å². The number of ether oxygens (including phenoxy) is 1. The summed E-state index contributed by atoms with van der Waals surface area (Å²) in [7, 11) is 0. The monoisotopic (exact) mass is 1130 g/mol. The van der Waals surface area contributed by atoms with Crippen LogP contribution in [0, 0.1) is 20.8 Å². The third-order valence-electron chi connectivity index (χ3n) is 14.2. The summed E-state index contributed by atoms with van der Waals surface area (Å²) in [4.78, 5) is 57.0.